The predicted molar refractivity (Wildman–Crippen MR) is 50.9 cm³/mol. The number of carbonyl (C=O) groups excluding carboxylic acids is 1. The number of nitrogens with zero attached hydrogens (tertiary/aromatic N) is 1. The van der Waals surface area contributed by atoms with Crippen LogP contribution in [0.25, 0.3) is 6.08 Å². The van der Waals surface area contributed by atoms with Gasteiger partial charge in [-0.3, -0.25) is 9.59 Å². The van der Waals surface area contributed by atoms with Gasteiger partial charge >= 0.3 is 5.97 Å². The molecule has 4 heteroatoms. The van der Waals surface area contributed by atoms with E-state index < -0.39 is 5.97 Å². The molecular weight excluding hydrogens is 182 g/mol. The van der Waals surface area contributed by atoms with Crippen molar-refractivity contribution < 1.29 is 14.7 Å². The summed E-state index contributed by atoms with van der Waals surface area (Å²) in [5.74, 6) is -0.896. The standard InChI is InChI=1S/C10H9NO3/c12-7-9-5-1-3-8(11-9)4-2-6-10(13)14/h1-5,7H,6H2,(H,13,14). The minimum atomic E-state index is -0.896. The first-order valence-corrected chi connectivity index (χ1v) is 4.03. The van der Waals surface area contributed by atoms with Crippen molar-refractivity contribution in [1.29, 1.82) is 0 Å². The van der Waals surface area contributed by atoms with E-state index in [1.165, 1.54) is 6.08 Å². The molecule has 0 unspecified atom stereocenters. The molecule has 0 aromatic carbocycles. The van der Waals surface area contributed by atoms with Gasteiger partial charge in [-0.1, -0.05) is 12.1 Å². The Kier molecular flexibility index (Phi) is 3.55. The first kappa shape index (κ1) is 10.1. The second kappa shape index (κ2) is 4.91. The highest BCUT2D eigenvalue weighted by Crippen LogP contribution is 2.00. The summed E-state index contributed by atoms with van der Waals surface area (Å²) < 4.78 is 0. The lowest BCUT2D eigenvalue weighted by Gasteiger charge is -1.92. The summed E-state index contributed by atoms with van der Waals surface area (Å²) in [4.78, 5) is 24.5. The maximum absolute atomic E-state index is 10.4. The molecule has 0 aliphatic carbocycles. The molecule has 72 valence electrons. The highest BCUT2D eigenvalue weighted by atomic mass is 16.4. The van der Waals surface area contributed by atoms with E-state index in [0.717, 1.165) is 0 Å². The number of pyridine rings is 1. The van der Waals surface area contributed by atoms with E-state index in [1.54, 1.807) is 24.3 Å². The molecule has 0 atom stereocenters. The summed E-state index contributed by atoms with van der Waals surface area (Å²) in [5, 5.41) is 8.36. The Bertz CT molecular complexity index is 371. The van der Waals surface area contributed by atoms with E-state index in [9.17, 15) is 9.59 Å². The first-order chi connectivity index (χ1) is 6.72. The molecule has 0 bridgehead atoms. The molecule has 14 heavy (non-hydrogen) atoms. The van der Waals surface area contributed by atoms with Gasteiger partial charge in [-0.2, -0.15) is 0 Å². The van der Waals surface area contributed by atoms with Crippen LogP contribution >= 0.6 is 0 Å². The van der Waals surface area contributed by atoms with Crippen LogP contribution in [-0.4, -0.2) is 22.3 Å². The lowest BCUT2D eigenvalue weighted by atomic mass is 10.2. The molecule has 0 aliphatic heterocycles. The molecule has 0 aliphatic rings. The maximum atomic E-state index is 10.4. The van der Waals surface area contributed by atoms with Crippen LogP contribution in [0.3, 0.4) is 0 Å². The third kappa shape index (κ3) is 3.18. The number of aldehydes is 1. The number of rotatable bonds is 4. The average Bonchev–Trinajstić information content (AvgIpc) is 2.18. The van der Waals surface area contributed by atoms with Gasteiger partial charge in [0.05, 0.1) is 12.1 Å². The molecule has 0 fully saturated rings. The molecule has 0 amide bonds. The van der Waals surface area contributed by atoms with Gasteiger partial charge in [0.15, 0.2) is 6.29 Å². The van der Waals surface area contributed by atoms with Gasteiger partial charge in [0.25, 0.3) is 0 Å². The average molecular weight is 191 g/mol. The Morgan fingerprint density at radius 3 is 2.79 bits per heavy atom. The Morgan fingerprint density at radius 2 is 2.14 bits per heavy atom. The number of aliphatic carboxylic acids is 1. The summed E-state index contributed by atoms with van der Waals surface area (Å²) in [6.07, 6.45) is 3.65. The van der Waals surface area contributed by atoms with E-state index in [4.69, 9.17) is 5.11 Å². The lowest BCUT2D eigenvalue weighted by molar-refractivity contribution is -0.135. The normalized spacial score (nSPS) is 10.3. The summed E-state index contributed by atoms with van der Waals surface area (Å²) in [6, 6.07) is 4.98. The zero-order valence-corrected chi connectivity index (χ0v) is 7.38. The van der Waals surface area contributed by atoms with Crippen LogP contribution in [0, 0.1) is 0 Å². The van der Waals surface area contributed by atoms with Crippen LogP contribution < -0.4 is 0 Å². The van der Waals surface area contributed by atoms with Crippen LogP contribution in [0.1, 0.15) is 22.6 Å². The van der Waals surface area contributed by atoms with Crippen molar-refractivity contribution in [3.05, 3.63) is 35.7 Å². The fourth-order valence-corrected chi connectivity index (χ4v) is 0.908. The number of carboxylic acid groups (broad SMARTS) is 1. The third-order valence-electron chi connectivity index (χ3n) is 1.49. The Labute approximate surface area is 80.9 Å². The van der Waals surface area contributed by atoms with Crippen LogP contribution in [-0.2, 0) is 4.79 Å². The first-order valence-electron chi connectivity index (χ1n) is 4.03. The molecule has 1 heterocycles. The molecule has 0 saturated carbocycles. The van der Waals surface area contributed by atoms with Crippen LogP contribution in [0.5, 0.6) is 0 Å². The minimum absolute atomic E-state index is 0.0486. The second-order valence-electron chi connectivity index (χ2n) is 2.61. The van der Waals surface area contributed by atoms with Crippen LogP contribution in [0.4, 0.5) is 0 Å². The minimum Gasteiger partial charge on any atom is -0.481 e. The second-order valence-corrected chi connectivity index (χ2v) is 2.61. The zero-order valence-electron chi connectivity index (χ0n) is 7.38. The fourth-order valence-electron chi connectivity index (χ4n) is 0.908. The van der Waals surface area contributed by atoms with E-state index in [1.807, 2.05) is 0 Å². The van der Waals surface area contributed by atoms with Crippen molar-refractivity contribution in [3.63, 3.8) is 0 Å². The largest absolute Gasteiger partial charge is 0.481 e. The van der Waals surface area contributed by atoms with Gasteiger partial charge in [-0.05, 0) is 18.2 Å². The Balaban J connectivity index is 2.71. The van der Waals surface area contributed by atoms with Crippen LogP contribution in [0.15, 0.2) is 24.3 Å². The SMILES string of the molecule is O=Cc1cccc(C=CCC(=O)O)n1. The molecule has 1 N–H and O–H groups in total. The van der Waals surface area contributed by atoms with Gasteiger partial charge in [-0.25, -0.2) is 4.98 Å². The quantitative estimate of drug-likeness (QED) is 0.730. The molecule has 0 spiro atoms. The monoisotopic (exact) mass is 191 g/mol. The van der Waals surface area contributed by atoms with E-state index in [2.05, 4.69) is 4.98 Å². The van der Waals surface area contributed by atoms with E-state index >= 15 is 0 Å². The number of carboxylic acids is 1. The number of carbonyl (C=O) groups is 2. The molecule has 0 saturated heterocycles. The smallest absolute Gasteiger partial charge is 0.307 e. The van der Waals surface area contributed by atoms with Crippen molar-refractivity contribution in [1.82, 2.24) is 4.98 Å². The third-order valence-corrected chi connectivity index (χ3v) is 1.49. The van der Waals surface area contributed by atoms with Gasteiger partial charge in [-0.15, -0.1) is 0 Å². The predicted octanol–water partition coefficient (Wildman–Crippen LogP) is 1.38. The highest BCUT2D eigenvalue weighted by Gasteiger charge is 1.93. The number of aromatic nitrogens is 1. The van der Waals surface area contributed by atoms with Crippen LogP contribution in [0.2, 0.25) is 0 Å². The topological polar surface area (TPSA) is 67.3 Å². The number of hydrogen-bond donors (Lipinski definition) is 1. The summed E-state index contributed by atoms with van der Waals surface area (Å²) in [6.45, 7) is 0. The summed E-state index contributed by atoms with van der Waals surface area (Å²) >= 11 is 0. The van der Waals surface area contributed by atoms with E-state index in [0.29, 0.717) is 17.7 Å². The molecule has 0 radical (unpaired) electrons. The van der Waals surface area contributed by atoms with Gasteiger partial charge in [0.2, 0.25) is 0 Å². The number of hydrogen-bond acceptors (Lipinski definition) is 3. The fraction of sp³-hybridized carbons (Fsp3) is 0.100. The molecule has 1 aromatic heterocycles. The van der Waals surface area contributed by atoms with Crippen molar-refractivity contribution >= 4 is 18.3 Å². The van der Waals surface area contributed by atoms with Gasteiger partial charge in [0, 0.05) is 0 Å². The summed E-state index contributed by atoms with van der Waals surface area (Å²) in [7, 11) is 0. The van der Waals surface area contributed by atoms with Gasteiger partial charge < -0.3 is 5.11 Å². The molecule has 4 nitrogen and oxygen atoms in total. The molecular formula is C10H9NO3. The lowest BCUT2D eigenvalue weighted by Crippen LogP contribution is -1.91. The molecule has 1 rings (SSSR count). The Hall–Kier alpha value is -1.97. The summed E-state index contributed by atoms with van der Waals surface area (Å²) in [5.41, 5.74) is 0.915. The van der Waals surface area contributed by atoms with Gasteiger partial charge in [0.1, 0.15) is 5.69 Å². The molecule has 1 aromatic rings. The van der Waals surface area contributed by atoms with E-state index in [-0.39, 0.29) is 6.42 Å². The van der Waals surface area contributed by atoms with Crippen molar-refractivity contribution in [2.75, 3.05) is 0 Å². The van der Waals surface area contributed by atoms with Crippen molar-refractivity contribution in [2.45, 2.75) is 6.42 Å². The highest BCUT2D eigenvalue weighted by molar-refractivity contribution is 5.73. The maximum Gasteiger partial charge on any atom is 0.307 e. The van der Waals surface area contributed by atoms with Crippen molar-refractivity contribution in [2.24, 2.45) is 0 Å². The zero-order chi connectivity index (χ0) is 10.4. The van der Waals surface area contributed by atoms with Crippen molar-refractivity contribution in [3.8, 4) is 0 Å². The Morgan fingerprint density at radius 1 is 1.43 bits per heavy atom.